The lowest BCUT2D eigenvalue weighted by Crippen LogP contribution is -2.24. The minimum atomic E-state index is -0.126. The molecule has 1 aromatic rings. The van der Waals surface area contributed by atoms with Crippen LogP contribution in [0.3, 0.4) is 0 Å². The molecule has 1 aromatic carbocycles. The van der Waals surface area contributed by atoms with Crippen LogP contribution < -0.4 is 0 Å². The molecule has 88 valence electrons. The normalized spacial score (nSPS) is 24.8. The van der Waals surface area contributed by atoms with Crippen molar-refractivity contribution in [2.75, 3.05) is 0 Å². The summed E-state index contributed by atoms with van der Waals surface area (Å²) in [4.78, 5) is 0. The van der Waals surface area contributed by atoms with Crippen molar-refractivity contribution in [2.45, 2.75) is 25.7 Å². The highest BCUT2D eigenvalue weighted by molar-refractivity contribution is 14.1. The van der Waals surface area contributed by atoms with E-state index in [-0.39, 0.29) is 11.2 Å². The first-order chi connectivity index (χ1) is 8.00. The van der Waals surface area contributed by atoms with Crippen LogP contribution in [-0.4, -0.2) is 0 Å². The van der Waals surface area contributed by atoms with Gasteiger partial charge in [0.15, 0.2) is 0 Å². The maximum Gasteiger partial charge on any atom is 0.123 e. The van der Waals surface area contributed by atoms with Crippen molar-refractivity contribution in [3.63, 3.8) is 0 Å². The highest BCUT2D eigenvalue weighted by Gasteiger charge is 2.43. The molecule has 2 heteroatoms. The second-order valence-corrected chi connectivity index (χ2v) is 6.79. The van der Waals surface area contributed by atoms with Crippen LogP contribution in [0, 0.1) is 11.7 Å². The molecule has 2 aliphatic carbocycles. The van der Waals surface area contributed by atoms with Crippen LogP contribution in [0.5, 0.6) is 0 Å². The van der Waals surface area contributed by atoms with Gasteiger partial charge in [0.2, 0.25) is 0 Å². The van der Waals surface area contributed by atoms with Gasteiger partial charge in [-0.3, -0.25) is 0 Å². The summed E-state index contributed by atoms with van der Waals surface area (Å²) in [6.07, 6.45) is 5.47. The molecule has 0 aromatic heterocycles. The van der Waals surface area contributed by atoms with E-state index in [1.165, 1.54) is 14.7 Å². The van der Waals surface area contributed by atoms with E-state index >= 15 is 0 Å². The van der Waals surface area contributed by atoms with Crippen LogP contribution in [0.25, 0.3) is 5.57 Å². The summed E-state index contributed by atoms with van der Waals surface area (Å²) in [5.41, 5.74) is 3.81. The van der Waals surface area contributed by atoms with Crippen molar-refractivity contribution in [3.05, 3.63) is 50.9 Å². The standard InChI is InChI=1S/C15H14FI/c1-15(2)13-7-9(16)3-5-11(13)12-6-4-10(17)8-14(12)15/h3-7,14H,8H2,1-2H3. The molecule has 0 radical (unpaired) electrons. The topological polar surface area (TPSA) is 0 Å². The zero-order valence-electron chi connectivity index (χ0n) is 9.93. The van der Waals surface area contributed by atoms with E-state index in [2.05, 4.69) is 48.6 Å². The molecule has 0 saturated carbocycles. The van der Waals surface area contributed by atoms with E-state index in [1.54, 1.807) is 12.1 Å². The molecule has 0 spiro atoms. The number of hydrogen-bond acceptors (Lipinski definition) is 0. The van der Waals surface area contributed by atoms with Crippen LogP contribution in [0.2, 0.25) is 0 Å². The lowest BCUT2D eigenvalue weighted by atomic mass is 9.75. The Labute approximate surface area is 115 Å². The molecule has 0 aliphatic heterocycles. The molecule has 0 saturated heterocycles. The number of halogens is 2. The van der Waals surface area contributed by atoms with Gasteiger partial charge in [0.1, 0.15) is 5.82 Å². The van der Waals surface area contributed by atoms with Crippen molar-refractivity contribution in [1.29, 1.82) is 0 Å². The summed E-state index contributed by atoms with van der Waals surface area (Å²) in [6.45, 7) is 4.46. The van der Waals surface area contributed by atoms with Gasteiger partial charge in [0.05, 0.1) is 0 Å². The van der Waals surface area contributed by atoms with Crippen LogP contribution in [-0.2, 0) is 5.41 Å². The molecule has 0 N–H and O–H groups in total. The first-order valence-corrected chi connectivity index (χ1v) is 6.94. The molecule has 2 aliphatic rings. The van der Waals surface area contributed by atoms with Gasteiger partial charge in [-0.25, -0.2) is 4.39 Å². The van der Waals surface area contributed by atoms with Crippen LogP contribution >= 0.6 is 22.6 Å². The van der Waals surface area contributed by atoms with E-state index in [1.807, 2.05) is 6.07 Å². The molecule has 1 unspecified atom stereocenters. The third kappa shape index (κ3) is 1.60. The van der Waals surface area contributed by atoms with Crippen molar-refractivity contribution in [1.82, 2.24) is 0 Å². The summed E-state index contributed by atoms with van der Waals surface area (Å²) in [7, 11) is 0. The minimum Gasteiger partial charge on any atom is -0.207 e. The monoisotopic (exact) mass is 340 g/mol. The molecule has 3 rings (SSSR count). The zero-order valence-corrected chi connectivity index (χ0v) is 12.1. The molecular weight excluding hydrogens is 326 g/mol. The van der Waals surface area contributed by atoms with Crippen molar-refractivity contribution < 1.29 is 4.39 Å². The largest absolute Gasteiger partial charge is 0.207 e. The Bertz CT molecular complexity index is 552. The predicted octanol–water partition coefficient (Wildman–Crippen LogP) is 4.84. The predicted molar refractivity (Wildman–Crippen MR) is 77.6 cm³/mol. The van der Waals surface area contributed by atoms with Crippen molar-refractivity contribution >= 4 is 28.2 Å². The average Bonchev–Trinajstić information content (AvgIpc) is 2.49. The van der Waals surface area contributed by atoms with Gasteiger partial charge in [0.25, 0.3) is 0 Å². The third-order valence-electron chi connectivity index (χ3n) is 4.08. The average molecular weight is 340 g/mol. The number of allylic oxidation sites excluding steroid dienone is 4. The summed E-state index contributed by atoms with van der Waals surface area (Å²) in [5.74, 6) is 0.370. The fourth-order valence-electron chi connectivity index (χ4n) is 3.08. The van der Waals surface area contributed by atoms with Crippen molar-refractivity contribution in [2.24, 2.45) is 5.92 Å². The fraction of sp³-hybridized carbons (Fsp3) is 0.333. The van der Waals surface area contributed by atoms with Gasteiger partial charge in [0, 0.05) is 0 Å². The zero-order chi connectivity index (χ0) is 12.2. The van der Waals surface area contributed by atoms with E-state index in [0.29, 0.717) is 5.92 Å². The smallest absolute Gasteiger partial charge is 0.123 e. The highest BCUT2D eigenvalue weighted by atomic mass is 127. The Balaban J connectivity index is 2.24. The second-order valence-electron chi connectivity index (χ2n) is 5.40. The van der Waals surface area contributed by atoms with Gasteiger partial charge >= 0.3 is 0 Å². The van der Waals surface area contributed by atoms with Crippen LogP contribution in [0.1, 0.15) is 31.4 Å². The molecule has 17 heavy (non-hydrogen) atoms. The minimum absolute atomic E-state index is 0.0357. The Hall–Kier alpha value is -0.640. The molecule has 0 amide bonds. The Kier molecular flexibility index (Phi) is 2.47. The van der Waals surface area contributed by atoms with Gasteiger partial charge in [-0.2, -0.15) is 0 Å². The van der Waals surface area contributed by atoms with Crippen LogP contribution in [0.15, 0.2) is 33.9 Å². The Morgan fingerprint density at radius 2 is 2.06 bits per heavy atom. The first-order valence-electron chi connectivity index (χ1n) is 5.87. The fourth-order valence-corrected chi connectivity index (χ4v) is 3.70. The molecule has 0 fully saturated rings. The van der Waals surface area contributed by atoms with Gasteiger partial charge in [-0.1, -0.05) is 32.1 Å². The molecule has 1 atom stereocenters. The Morgan fingerprint density at radius 3 is 2.82 bits per heavy atom. The van der Waals surface area contributed by atoms with E-state index in [4.69, 9.17) is 0 Å². The highest BCUT2D eigenvalue weighted by Crippen LogP contribution is 2.54. The maximum atomic E-state index is 13.4. The quantitative estimate of drug-likeness (QED) is 0.593. The lowest BCUT2D eigenvalue weighted by molar-refractivity contribution is 0.412. The first kappa shape index (κ1) is 11.5. The van der Waals surface area contributed by atoms with Gasteiger partial charge < -0.3 is 0 Å². The third-order valence-corrected chi connectivity index (χ3v) is 4.88. The summed E-state index contributed by atoms with van der Waals surface area (Å²) in [6, 6.07) is 5.22. The van der Waals surface area contributed by atoms with E-state index in [9.17, 15) is 4.39 Å². The summed E-state index contributed by atoms with van der Waals surface area (Å²) in [5, 5.41) is 0. The number of fused-ring (bicyclic) bond motifs is 3. The second kappa shape index (κ2) is 3.67. The maximum absolute atomic E-state index is 13.4. The van der Waals surface area contributed by atoms with Crippen LogP contribution in [0.4, 0.5) is 4.39 Å². The lowest BCUT2D eigenvalue weighted by Gasteiger charge is -2.30. The SMILES string of the molecule is CC1(C)c2cc(F)ccc2C2=CC=C(I)CC21. The number of hydrogen-bond donors (Lipinski definition) is 0. The molecule has 0 bridgehead atoms. The van der Waals surface area contributed by atoms with Gasteiger partial charge in [-0.05, 0) is 72.8 Å². The Morgan fingerprint density at radius 1 is 1.29 bits per heavy atom. The number of rotatable bonds is 0. The van der Waals surface area contributed by atoms with Gasteiger partial charge in [-0.15, -0.1) is 0 Å². The number of benzene rings is 1. The summed E-state index contributed by atoms with van der Waals surface area (Å²) < 4.78 is 14.8. The van der Waals surface area contributed by atoms with Crippen molar-refractivity contribution in [3.8, 4) is 0 Å². The molecular formula is C15H14FI. The molecule has 0 heterocycles. The van der Waals surface area contributed by atoms with E-state index < -0.39 is 0 Å². The molecule has 0 nitrogen and oxygen atoms in total. The van der Waals surface area contributed by atoms with E-state index in [0.717, 1.165) is 12.0 Å². The summed E-state index contributed by atoms with van der Waals surface area (Å²) >= 11 is 2.40.